The Morgan fingerprint density at radius 3 is 2.82 bits per heavy atom. The smallest absolute Gasteiger partial charge is 0.234 e. The van der Waals surface area contributed by atoms with E-state index < -0.39 is 0 Å². The molecule has 0 radical (unpaired) electrons. The van der Waals surface area contributed by atoms with Crippen molar-refractivity contribution >= 4 is 34.1 Å². The normalized spacial score (nSPS) is 17.2. The van der Waals surface area contributed by atoms with Crippen molar-refractivity contribution in [3.8, 4) is 5.75 Å². The lowest BCUT2D eigenvalue weighted by atomic mass is 9.88. The Morgan fingerprint density at radius 1 is 1.18 bits per heavy atom. The maximum absolute atomic E-state index is 12.5. The number of para-hydroxylation sites is 1. The molecule has 1 spiro atoms. The molecule has 0 bridgehead atoms. The quantitative estimate of drug-likeness (QED) is 0.773. The van der Waals surface area contributed by atoms with E-state index in [1.54, 1.807) is 7.11 Å². The number of methoxy groups -OCH3 is 1. The van der Waals surface area contributed by atoms with E-state index in [1.807, 2.05) is 36.4 Å². The molecule has 0 saturated heterocycles. The second-order valence-electron chi connectivity index (χ2n) is 7.25. The van der Waals surface area contributed by atoms with Crippen LogP contribution in [-0.2, 0) is 4.79 Å². The summed E-state index contributed by atoms with van der Waals surface area (Å²) in [5, 5.41) is 7.56. The number of fused-ring (bicyclic) bond motifs is 1. The maximum Gasteiger partial charge on any atom is 0.234 e. The molecule has 0 unspecified atom stereocenters. The average molecular weight is 396 g/mol. The molecule has 1 amide bonds. The van der Waals surface area contributed by atoms with Gasteiger partial charge >= 0.3 is 0 Å². The van der Waals surface area contributed by atoms with Crippen LogP contribution in [-0.4, -0.2) is 29.5 Å². The van der Waals surface area contributed by atoms with E-state index in [0.717, 1.165) is 40.6 Å². The molecule has 28 heavy (non-hydrogen) atoms. The molecule has 1 saturated carbocycles. The molecule has 6 heteroatoms. The van der Waals surface area contributed by atoms with Crippen LogP contribution in [0.1, 0.15) is 37.7 Å². The van der Waals surface area contributed by atoms with Gasteiger partial charge in [0.15, 0.2) is 0 Å². The van der Waals surface area contributed by atoms with E-state index in [0.29, 0.717) is 5.75 Å². The second-order valence-corrected chi connectivity index (χ2v) is 8.21. The highest BCUT2D eigenvalue weighted by molar-refractivity contribution is 8.15. The van der Waals surface area contributed by atoms with Gasteiger partial charge in [0.25, 0.3) is 0 Å². The van der Waals surface area contributed by atoms with Gasteiger partial charge in [0.2, 0.25) is 5.91 Å². The number of hydrogen-bond donors (Lipinski definition) is 2. The Hall–Kier alpha value is -2.47. The summed E-state index contributed by atoms with van der Waals surface area (Å²) in [5.74, 6) is 0.997. The van der Waals surface area contributed by atoms with Gasteiger partial charge < -0.3 is 15.4 Å². The zero-order valence-corrected chi connectivity index (χ0v) is 16.8. The van der Waals surface area contributed by atoms with Gasteiger partial charge in [-0.25, -0.2) is 4.99 Å². The van der Waals surface area contributed by atoms with E-state index in [-0.39, 0.29) is 11.6 Å². The van der Waals surface area contributed by atoms with Gasteiger partial charge in [0.1, 0.15) is 16.5 Å². The lowest BCUT2D eigenvalue weighted by molar-refractivity contribution is -0.113. The van der Waals surface area contributed by atoms with E-state index in [2.05, 4.69) is 22.8 Å². The third kappa shape index (κ3) is 4.17. The molecule has 1 aliphatic heterocycles. The number of carbonyl (C=O) groups excluding carboxylic acids is 1. The number of nitrogens with one attached hydrogen (secondary N) is 2. The van der Waals surface area contributed by atoms with Gasteiger partial charge in [-0.3, -0.25) is 4.79 Å². The predicted molar refractivity (Wildman–Crippen MR) is 116 cm³/mol. The number of rotatable bonds is 4. The van der Waals surface area contributed by atoms with Gasteiger partial charge in [-0.2, -0.15) is 0 Å². The molecule has 0 atom stereocenters. The highest BCUT2D eigenvalue weighted by Gasteiger charge is 2.36. The lowest BCUT2D eigenvalue weighted by Gasteiger charge is -2.39. The van der Waals surface area contributed by atoms with Crippen LogP contribution >= 0.6 is 11.8 Å². The first kappa shape index (κ1) is 18.9. The Bertz CT molecular complexity index is 891. The van der Waals surface area contributed by atoms with Crippen LogP contribution in [0.4, 0.5) is 11.4 Å². The van der Waals surface area contributed by atoms with Crippen molar-refractivity contribution in [1.29, 1.82) is 0 Å². The molecule has 1 fully saturated rings. The number of aliphatic imine (C=N–C) groups is 1. The zero-order valence-electron chi connectivity index (χ0n) is 16.0. The van der Waals surface area contributed by atoms with Crippen molar-refractivity contribution in [2.24, 2.45) is 4.99 Å². The van der Waals surface area contributed by atoms with Crippen molar-refractivity contribution in [2.75, 3.05) is 23.5 Å². The predicted octanol–water partition coefficient (Wildman–Crippen LogP) is 4.90. The largest absolute Gasteiger partial charge is 0.497 e. The molecule has 1 aliphatic carbocycles. The fourth-order valence-corrected chi connectivity index (χ4v) is 4.74. The molecule has 2 aliphatic rings. The lowest BCUT2D eigenvalue weighted by Crippen LogP contribution is -2.42. The number of benzene rings is 2. The Kier molecular flexibility index (Phi) is 5.57. The summed E-state index contributed by atoms with van der Waals surface area (Å²) in [6.45, 7) is 0. The van der Waals surface area contributed by atoms with Crippen molar-refractivity contribution < 1.29 is 9.53 Å². The van der Waals surface area contributed by atoms with Crippen LogP contribution in [0.25, 0.3) is 0 Å². The number of thioether (sulfide) groups is 1. The number of hydrogen-bond acceptors (Lipinski definition) is 5. The summed E-state index contributed by atoms with van der Waals surface area (Å²) in [7, 11) is 1.62. The SMILES string of the molecule is COc1cccc(NC(=O)CSC2=NC3(CCCCC3)Nc3ccccc32)c1. The van der Waals surface area contributed by atoms with Crippen molar-refractivity contribution in [2.45, 2.75) is 37.8 Å². The molecule has 0 aromatic heterocycles. The minimum Gasteiger partial charge on any atom is -0.497 e. The fraction of sp³-hybridized carbons (Fsp3) is 0.364. The number of carbonyl (C=O) groups is 1. The number of anilines is 2. The van der Waals surface area contributed by atoms with E-state index in [1.165, 1.54) is 31.0 Å². The molecule has 2 aromatic carbocycles. The second kappa shape index (κ2) is 8.27. The summed E-state index contributed by atoms with van der Waals surface area (Å²) < 4.78 is 5.21. The van der Waals surface area contributed by atoms with Crippen molar-refractivity contribution in [3.63, 3.8) is 0 Å². The molecular weight excluding hydrogens is 370 g/mol. The standard InChI is InChI=1S/C22H25N3O2S/c1-27-17-9-7-8-16(14-17)23-20(26)15-28-21-18-10-3-4-11-19(18)24-22(25-21)12-5-2-6-13-22/h3-4,7-11,14,24H,2,5-6,12-13,15H2,1H3,(H,23,26). The fourth-order valence-electron chi connectivity index (χ4n) is 3.83. The summed E-state index contributed by atoms with van der Waals surface area (Å²) in [5.41, 5.74) is 2.73. The average Bonchev–Trinajstić information content (AvgIpc) is 2.72. The zero-order chi connectivity index (χ0) is 19.4. The highest BCUT2D eigenvalue weighted by Crippen LogP contribution is 2.39. The molecule has 4 rings (SSSR count). The minimum absolute atomic E-state index is 0.0466. The molecule has 5 nitrogen and oxygen atoms in total. The van der Waals surface area contributed by atoms with Crippen LogP contribution in [0.3, 0.4) is 0 Å². The summed E-state index contributed by atoms with van der Waals surface area (Å²) in [4.78, 5) is 17.6. The monoisotopic (exact) mass is 395 g/mol. The summed E-state index contributed by atoms with van der Waals surface area (Å²) >= 11 is 1.51. The van der Waals surface area contributed by atoms with E-state index in [9.17, 15) is 4.79 Å². The Balaban J connectivity index is 1.48. The Labute approximate surface area is 170 Å². The molecule has 1 heterocycles. The van der Waals surface area contributed by atoms with E-state index >= 15 is 0 Å². The van der Waals surface area contributed by atoms with Gasteiger partial charge in [-0.05, 0) is 43.9 Å². The van der Waals surface area contributed by atoms with Gasteiger partial charge in [-0.15, -0.1) is 0 Å². The van der Waals surface area contributed by atoms with Gasteiger partial charge in [0, 0.05) is 23.0 Å². The number of ether oxygens (including phenoxy) is 1. The molecule has 2 N–H and O–H groups in total. The first-order valence-electron chi connectivity index (χ1n) is 9.72. The third-order valence-corrected chi connectivity index (χ3v) is 6.21. The molecule has 2 aromatic rings. The first-order valence-corrected chi connectivity index (χ1v) is 10.7. The van der Waals surface area contributed by atoms with Crippen LogP contribution in [0.2, 0.25) is 0 Å². The van der Waals surface area contributed by atoms with Crippen LogP contribution in [0, 0.1) is 0 Å². The van der Waals surface area contributed by atoms with Crippen LogP contribution < -0.4 is 15.4 Å². The van der Waals surface area contributed by atoms with Gasteiger partial charge in [-0.1, -0.05) is 42.4 Å². The van der Waals surface area contributed by atoms with Crippen LogP contribution in [0.5, 0.6) is 5.75 Å². The Morgan fingerprint density at radius 2 is 2.00 bits per heavy atom. The van der Waals surface area contributed by atoms with Gasteiger partial charge in [0.05, 0.1) is 12.9 Å². The maximum atomic E-state index is 12.5. The minimum atomic E-state index is -0.210. The van der Waals surface area contributed by atoms with Crippen molar-refractivity contribution in [1.82, 2.24) is 0 Å². The van der Waals surface area contributed by atoms with E-state index in [4.69, 9.17) is 9.73 Å². The number of nitrogens with zero attached hydrogens (tertiary/aromatic N) is 1. The number of amides is 1. The topological polar surface area (TPSA) is 62.7 Å². The van der Waals surface area contributed by atoms with Crippen LogP contribution in [0.15, 0.2) is 53.5 Å². The molecular formula is C22H25N3O2S. The summed E-state index contributed by atoms with van der Waals surface area (Å²) in [6.07, 6.45) is 5.73. The first-order chi connectivity index (χ1) is 13.7. The highest BCUT2D eigenvalue weighted by atomic mass is 32.2. The molecule has 146 valence electrons. The third-order valence-electron chi connectivity index (χ3n) is 5.21. The van der Waals surface area contributed by atoms with Crippen molar-refractivity contribution in [3.05, 3.63) is 54.1 Å². The summed E-state index contributed by atoms with van der Waals surface area (Å²) in [6, 6.07) is 15.6.